The van der Waals surface area contributed by atoms with Crippen molar-refractivity contribution in [1.82, 2.24) is 19.9 Å². The average Bonchev–Trinajstić information content (AvgIpc) is 3.47. The number of hydrogen-bond donors (Lipinski definition) is 3. The second kappa shape index (κ2) is 8.10. The molecule has 3 aromatic rings. The highest BCUT2D eigenvalue weighted by Crippen LogP contribution is 2.16. The number of rotatable bonds is 1. The third kappa shape index (κ3) is 5.11. The van der Waals surface area contributed by atoms with E-state index in [1.54, 1.807) is 0 Å². The number of aromatic nitrogens is 4. The van der Waals surface area contributed by atoms with Crippen LogP contribution < -0.4 is 0 Å². The van der Waals surface area contributed by atoms with Crippen LogP contribution in [0.4, 0.5) is 0 Å². The maximum absolute atomic E-state index is 9.56. The first-order valence-corrected chi connectivity index (χ1v) is 11.0. The van der Waals surface area contributed by atoms with Crippen molar-refractivity contribution >= 4 is 56.5 Å². The molecule has 152 valence electrons. The van der Waals surface area contributed by atoms with Crippen LogP contribution in [0.15, 0.2) is 48.5 Å². The maximum atomic E-state index is 9.56. The van der Waals surface area contributed by atoms with Gasteiger partial charge in [-0.15, -0.1) is 0 Å². The summed E-state index contributed by atoms with van der Waals surface area (Å²) in [6.45, 7) is 1.37. The molecule has 0 spiro atoms. The fraction of sp³-hybridized carbons (Fsp3) is 0.0909. The molecule has 30 heavy (non-hydrogen) atoms. The van der Waals surface area contributed by atoms with Crippen LogP contribution in [0.25, 0.3) is 46.4 Å². The number of nitrogens with one attached hydrogen (secondary N) is 2. The van der Waals surface area contributed by atoms with Gasteiger partial charge in [0.25, 0.3) is 10.1 Å². The predicted octanol–water partition coefficient (Wildman–Crippen LogP) is 4.55. The monoisotopic (exact) mass is 420 g/mol. The first-order chi connectivity index (χ1) is 14.4. The summed E-state index contributed by atoms with van der Waals surface area (Å²) in [7, 11) is -3.66. The summed E-state index contributed by atoms with van der Waals surface area (Å²) >= 11 is 0. The zero-order chi connectivity index (χ0) is 21.1. The Morgan fingerprint density at radius 2 is 0.967 bits per heavy atom. The molecule has 0 aliphatic carbocycles. The number of aromatic amines is 2. The van der Waals surface area contributed by atoms with Crippen LogP contribution in [-0.4, -0.2) is 38.7 Å². The van der Waals surface area contributed by atoms with Gasteiger partial charge in [0.05, 0.1) is 28.5 Å². The van der Waals surface area contributed by atoms with Crippen molar-refractivity contribution < 1.29 is 13.0 Å². The Kier molecular flexibility index (Phi) is 5.35. The second-order valence-corrected chi connectivity index (χ2v) is 8.52. The van der Waals surface area contributed by atoms with E-state index >= 15 is 0 Å². The maximum Gasteiger partial charge on any atom is 0.264 e. The number of hydrogen-bond acceptors (Lipinski definition) is 4. The topological polar surface area (TPSA) is 112 Å². The lowest BCUT2D eigenvalue weighted by molar-refractivity contribution is 0.484. The Hall–Kier alpha value is -3.49. The molecule has 0 saturated carbocycles. The quantitative estimate of drug-likeness (QED) is 0.345. The Labute approximate surface area is 173 Å². The third-order valence-electron chi connectivity index (χ3n) is 4.41. The van der Waals surface area contributed by atoms with Crippen LogP contribution >= 0.6 is 0 Å². The van der Waals surface area contributed by atoms with Crippen LogP contribution in [0, 0.1) is 0 Å². The molecular weight excluding hydrogens is 400 g/mol. The van der Waals surface area contributed by atoms with Crippen molar-refractivity contribution in [3.63, 3.8) is 0 Å². The molecule has 2 aliphatic heterocycles. The molecule has 0 aromatic carbocycles. The van der Waals surface area contributed by atoms with Crippen LogP contribution in [0.1, 0.15) is 29.7 Å². The van der Waals surface area contributed by atoms with Crippen LogP contribution in [0.5, 0.6) is 0 Å². The number of nitrogens with zero attached hydrogens (tertiary/aromatic N) is 2. The molecule has 8 heteroatoms. The van der Waals surface area contributed by atoms with Gasteiger partial charge >= 0.3 is 0 Å². The highest BCUT2D eigenvalue weighted by Gasteiger charge is 2.01. The summed E-state index contributed by atoms with van der Waals surface area (Å²) in [6.07, 6.45) is 8.09. The second-order valence-electron chi connectivity index (χ2n) is 6.78. The first-order valence-electron chi connectivity index (χ1n) is 9.36. The normalized spacial score (nSPS) is 12.5. The molecular formula is C22H20N4O3S. The van der Waals surface area contributed by atoms with Gasteiger partial charge in [-0.2, -0.15) is 8.42 Å². The van der Waals surface area contributed by atoms with E-state index in [2.05, 4.69) is 44.2 Å². The van der Waals surface area contributed by atoms with Gasteiger partial charge < -0.3 is 9.97 Å². The summed E-state index contributed by atoms with van der Waals surface area (Å²) in [4.78, 5) is 16.0. The fourth-order valence-electron chi connectivity index (χ4n) is 2.94. The van der Waals surface area contributed by atoms with Crippen molar-refractivity contribution in [2.45, 2.75) is 6.92 Å². The first kappa shape index (κ1) is 19.8. The van der Waals surface area contributed by atoms with E-state index < -0.39 is 10.1 Å². The Balaban J connectivity index is 0.000000322. The summed E-state index contributed by atoms with van der Waals surface area (Å²) in [5, 5.41) is 0. The average molecular weight is 420 g/mol. The van der Waals surface area contributed by atoms with Gasteiger partial charge in [0.1, 0.15) is 0 Å². The molecule has 5 rings (SSSR count). The third-order valence-corrected chi connectivity index (χ3v) is 5.14. The Bertz CT molecular complexity index is 1240. The van der Waals surface area contributed by atoms with Gasteiger partial charge in [-0.3, -0.25) is 4.55 Å². The molecule has 0 saturated heterocycles. The van der Waals surface area contributed by atoms with Crippen molar-refractivity contribution in [3.8, 4) is 0 Å². The van der Waals surface area contributed by atoms with E-state index in [4.69, 9.17) is 4.55 Å². The molecule has 0 radical (unpaired) electrons. The number of H-pyrrole nitrogens is 2. The zero-order valence-electron chi connectivity index (χ0n) is 16.2. The van der Waals surface area contributed by atoms with E-state index in [0.29, 0.717) is 0 Å². The summed E-state index contributed by atoms with van der Waals surface area (Å²) in [6, 6.07) is 16.4. The highest BCUT2D eigenvalue weighted by atomic mass is 32.2. The molecule has 3 N–H and O–H groups in total. The zero-order valence-corrected chi connectivity index (χ0v) is 17.0. The standard InChI is InChI=1S/C20H14N4.C2H6O3S/c1-2-14-10-16-5-6-18(23-16)12-20-8-7-19(24-20)11-17-4-3-15(22-17)9-13(1)21-14;1-2-6(3,4)5/h1-12,21,24H;2H2,1H3,(H,3,4,5). The van der Waals surface area contributed by atoms with E-state index in [9.17, 15) is 8.42 Å². The summed E-state index contributed by atoms with van der Waals surface area (Å²) < 4.78 is 26.9. The SMILES string of the molecule is C1=Cc2cc3ccc(cc4nc(cc5ccc(cc1n2)[nH]5)C=C4)[nH]3.CCS(=O)(=O)O. The van der Waals surface area contributed by atoms with E-state index in [0.717, 1.165) is 44.8 Å². The van der Waals surface area contributed by atoms with Crippen LogP contribution in [0.3, 0.4) is 0 Å². The summed E-state index contributed by atoms with van der Waals surface area (Å²) in [5.41, 5.74) is 7.86. The molecule has 0 fully saturated rings. The van der Waals surface area contributed by atoms with E-state index in [1.807, 2.05) is 48.6 Å². The van der Waals surface area contributed by atoms with Crippen LogP contribution in [0.2, 0.25) is 0 Å². The lowest BCUT2D eigenvalue weighted by Gasteiger charge is -1.85. The molecule has 0 amide bonds. The van der Waals surface area contributed by atoms with Gasteiger partial charge in [0.2, 0.25) is 0 Å². The minimum absolute atomic E-state index is 0.201. The van der Waals surface area contributed by atoms with Gasteiger partial charge in [-0.1, -0.05) is 0 Å². The summed E-state index contributed by atoms with van der Waals surface area (Å²) in [5.74, 6) is -0.201. The van der Waals surface area contributed by atoms with E-state index in [-0.39, 0.29) is 5.75 Å². The Morgan fingerprint density at radius 1 is 0.700 bits per heavy atom. The lowest BCUT2D eigenvalue weighted by atomic mass is 10.3. The van der Waals surface area contributed by atoms with E-state index in [1.165, 1.54) is 6.92 Å². The molecule has 5 heterocycles. The van der Waals surface area contributed by atoms with Crippen molar-refractivity contribution in [2.75, 3.05) is 5.75 Å². The largest absolute Gasteiger partial charge is 0.355 e. The van der Waals surface area contributed by atoms with Crippen molar-refractivity contribution in [1.29, 1.82) is 0 Å². The lowest BCUT2D eigenvalue weighted by Crippen LogP contribution is -1.97. The number of fused-ring (bicyclic) bond motifs is 8. The van der Waals surface area contributed by atoms with Gasteiger partial charge in [0, 0.05) is 22.1 Å². The van der Waals surface area contributed by atoms with Gasteiger partial charge in [-0.25, -0.2) is 9.97 Å². The highest BCUT2D eigenvalue weighted by molar-refractivity contribution is 7.85. The van der Waals surface area contributed by atoms with Crippen molar-refractivity contribution in [2.24, 2.45) is 0 Å². The minimum atomic E-state index is -3.66. The Morgan fingerprint density at radius 3 is 1.20 bits per heavy atom. The van der Waals surface area contributed by atoms with Gasteiger partial charge in [-0.05, 0) is 79.8 Å². The molecule has 2 aliphatic rings. The van der Waals surface area contributed by atoms with Crippen LogP contribution in [-0.2, 0) is 10.1 Å². The minimum Gasteiger partial charge on any atom is -0.355 e. The molecule has 0 atom stereocenters. The predicted molar refractivity (Wildman–Crippen MR) is 121 cm³/mol. The van der Waals surface area contributed by atoms with Crippen molar-refractivity contribution in [3.05, 3.63) is 71.3 Å². The molecule has 0 unspecified atom stereocenters. The fourth-order valence-corrected chi connectivity index (χ4v) is 2.94. The van der Waals surface area contributed by atoms with Gasteiger partial charge in [0.15, 0.2) is 0 Å². The molecule has 3 aromatic heterocycles. The smallest absolute Gasteiger partial charge is 0.264 e. The molecule has 8 bridgehead atoms. The molecule has 7 nitrogen and oxygen atoms in total.